The zero-order valence-electron chi connectivity index (χ0n) is 21.6. The molecule has 2 aromatic carbocycles. The van der Waals surface area contributed by atoms with Crippen molar-refractivity contribution in [3.8, 4) is 0 Å². The molecular weight excluding hydrogens is 530 g/mol. The van der Waals surface area contributed by atoms with Crippen molar-refractivity contribution in [2.24, 2.45) is 5.73 Å². The van der Waals surface area contributed by atoms with Crippen LogP contribution in [0.3, 0.4) is 0 Å². The lowest BCUT2D eigenvalue weighted by Crippen LogP contribution is -2.66. The number of halogens is 6. The summed E-state index contributed by atoms with van der Waals surface area (Å²) < 4.78 is 98.0. The molecule has 0 aliphatic carbocycles. The Morgan fingerprint density at radius 2 is 1.62 bits per heavy atom. The molecule has 0 saturated carbocycles. The van der Waals surface area contributed by atoms with Crippen molar-refractivity contribution < 1.29 is 45.7 Å². The molecule has 4 rings (SSSR count). The van der Waals surface area contributed by atoms with Gasteiger partial charge in [0, 0.05) is 6.54 Å². The van der Waals surface area contributed by atoms with Gasteiger partial charge in [-0.2, -0.15) is 26.3 Å². The highest BCUT2D eigenvalue weighted by Crippen LogP contribution is 2.43. The Balaban J connectivity index is 1.67. The maximum atomic E-state index is 13.4. The van der Waals surface area contributed by atoms with Gasteiger partial charge >= 0.3 is 12.4 Å². The molecule has 6 nitrogen and oxygen atoms in total. The fourth-order valence-corrected chi connectivity index (χ4v) is 5.19. The van der Waals surface area contributed by atoms with Crippen LogP contribution < -0.4 is 5.73 Å². The van der Waals surface area contributed by atoms with Crippen LogP contribution in [0.1, 0.15) is 55.0 Å². The van der Waals surface area contributed by atoms with Gasteiger partial charge in [-0.05, 0) is 56.0 Å². The Morgan fingerprint density at radius 1 is 1.03 bits per heavy atom. The molecule has 2 heterocycles. The Labute approximate surface area is 222 Å². The van der Waals surface area contributed by atoms with E-state index in [1.807, 2.05) is 35.2 Å². The topological polar surface area (TPSA) is 77.2 Å². The number of nitrogens with two attached hydrogens (primary N) is 1. The summed E-state index contributed by atoms with van der Waals surface area (Å²) in [5.41, 5.74) is 2.43. The first kappa shape index (κ1) is 29.8. The van der Waals surface area contributed by atoms with Gasteiger partial charge in [-0.15, -0.1) is 0 Å². The number of hydrogen-bond donors (Lipinski definition) is 2. The number of piperidine rings is 1. The molecular formula is C27H32F6N2O4. The highest BCUT2D eigenvalue weighted by Gasteiger charge is 2.49. The second-order valence-electron chi connectivity index (χ2n) is 10.4. The molecule has 0 unspecified atom stereocenters. The monoisotopic (exact) mass is 562 g/mol. The third kappa shape index (κ3) is 6.58. The van der Waals surface area contributed by atoms with Crippen molar-refractivity contribution in [3.63, 3.8) is 0 Å². The summed E-state index contributed by atoms with van der Waals surface area (Å²) >= 11 is 0. The molecule has 0 aromatic heterocycles. The molecule has 0 amide bonds. The van der Waals surface area contributed by atoms with Crippen LogP contribution in [-0.4, -0.2) is 54.4 Å². The molecule has 2 aliphatic heterocycles. The predicted molar refractivity (Wildman–Crippen MR) is 129 cm³/mol. The number of rotatable bonds is 8. The summed E-state index contributed by atoms with van der Waals surface area (Å²) in [5.74, 6) is 0. The molecule has 2 saturated heterocycles. The standard InChI is InChI=1S/C27H32F6N2O4/c1-17(19-10-21(26(28,29)30)12-22(11-19)27(31,32)33)37-16-25(20-6-4-3-5-7-20)9-8-24(34,15-36)14-35(25)13-23-38-18(2)39-23/h3-7,10-12,17-18,23,36H,8-9,13-16,34H2,1-2H3/t17-,18?,23?,24-,25-/m1/s1. The van der Waals surface area contributed by atoms with E-state index in [4.69, 9.17) is 19.9 Å². The van der Waals surface area contributed by atoms with Crippen LogP contribution in [0.15, 0.2) is 48.5 Å². The van der Waals surface area contributed by atoms with E-state index in [0.29, 0.717) is 25.0 Å². The highest BCUT2D eigenvalue weighted by atomic mass is 19.4. The maximum Gasteiger partial charge on any atom is 0.416 e. The Kier molecular flexibility index (Phi) is 8.38. The summed E-state index contributed by atoms with van der Waals surface area (Å²) in [7, 11) is 0. The molecule has 3 atom stereocenters. The van der Waals surface area contributed by atoms with Gasteiger partial charge in [0.25, 0.3) is 0 Å². The normalized spacial score (nSPS) is 29.2. The summed E-state index contributed by atoms with van der Waals surface area (Å²) in [5, 5.41) is 9.98. The number of likely N-dealkylation sites (tertiary alicyclic amines) is 1. The smallest absolute Gasteiger partial charge is 0.394 e. The van der Waals surface area contributed by atoms with Crippen molar-refractivity contribution in [1.82, 2.24) is 4.90 Å². The lowest BCUT2D eigenvalue weighted by molar-refractivity contribution is -0.381. The predicted octanol–water partition coefficient (Wildman–Crippen LogP) is 5.20. The Morgan fingerprint density at radius 3 is 2.13 bits per heavy atom. The fourth-order valence-electron chi connectivity index (χ4n) is 5.19. The van der Waals surface area contributed by atoms with Gasteiger partial charge in [-0.1, -0.05) is 30.3 Å². The van der Waals surface area contributed by atoms with Crippen LogP contribution >= 0.6 is 0 Å². The third-order valence-electron chi connectivity index (χ3n) is 7.48. The SMILES string of the molecule is CC1OC(CN2C[C@@](N)(CO)CC[C@@]2(CO[C@H](C)c2cc(C(F)(F)F)cc(C(F)(F)F)c2)c2ccccc2)O1. The summed E-state index contributed by atoms with van der Waals surface area (Å²) in [4.78, 5) is 1.97. The second-order valence-corrected chi connectivity index (χ2v) is 10.4. The molecule has 0 spiro atoms. The maximum absolute atomic E-state index is 13.4. The van der Waals surface area contributed by atoms with E-state index in [-0.39, 0.29) is 44.2 Å². The number of aliphatic hydroxyl groups excluding tert-OH is 1. The van der Waals surface area contributed by atoms with Crippen molar-refractivity contribution in [1.29, 1.82) is 0 Å². The van der Waals surface area contributed by atoms with E-state index in [0.717, 1.165) is 5.56 Å². The summed E-state index contributed by atoms with van der Waals surface area (Å²) in [6.07, 6.45) is -11.2. The minimum absolute atomic E-state index is 0.0699. The van der Waals surface area contributed by atoms with E-state index in [1.165, 1.54) is 6.92 Å². The molecule has 2 aliphatic rings. The first-order chi connectivity index (χ1) is 18.1. The van der Waals surface area contributed by atoms with Gasteiger partial charge in [0.1, 0.15) is 0 Å². The van der Waals surface area contributed by atoms with Crippen LogP contribution in [0.25, 0.3) is 0 Å². The van der Waals surface area contributed by atoms with Crippen LogP contribution in [0.5, 0.6) is 0 Å². The van der Waals surface area contributed by atoms with Gasteiger partial charge in [0.2, 0.25) is 0 Å². The van der Waals surface area contributed by atoms with Gasteiger partial charge in [-0.25, -0.2) is 0 Å². The molecule has 2 fully saturated rings. The zero-order valence-corrected chi connectivity index (χ0v) is 21.6. The average molecular weight is 563 g/mol. The summed E-state index contributed by atoms with van der Waals surface area (Å²) in [6, 6.07) is 10.7. The van der Waals surface area contributed by atoms with Crippen LogP contribution in [0, 0.1) is 0 Å². The van der Waals surface area contributed by atoms with Crippen molar-refractivity contribution in [3.05, 3.63) is 70.8 Å². The zero-order chi connectivity index (χ0) is 28.6. The van der Waals surface area contributed by atoms with Gasteiger partial charge in [-0.3, -0.25) is 4.90 Å². The van der Waals surface area contributed by atoms with Crippen LogP contribution in [0.2, 0.25) is 0 Å². The van der Waals surface area contributed by atoms with E-state index in [9.17, 15) is 31.4 Å². The highest BCUT2D eigenvalue weighted by molar-refractivity contribution is 5.35. The first-order valence-corrected chi connectivity index (χ1v) is 12.6. The molecule has 2 aromatic rings. The van der Waals surface area contributed by atoms with Crippen molar-refractivity contribution in [2.75, 3.05) is 26.3 Å². The number of aliphatic hydroxyl groups is 1. The molecule has 12 heteroatoms. The minimum atomic E-state index is -4.96. The van der Waals surface area contributed by atoms with E-state index in [2.05, 4.69) is 0 Å². The molecule has 39 heavy (non-hydrogen) atoms. The Bertz CT molecular complexity index is 1090. The Hall–Kier alpha value is -2.22. The molecule has 0 radical (unpaired) electrons. The van der Waals surface area contributed by atoms with Gasteiger partial charge in [0.05, 0.1) is 48.1 Å². The fraction of sp³-hybridized carbons (Fsp3) is 0.556. The van der Waals surface area contributed by atoms with Gasteiger partial charge in [0.15, 0.2) is 12.6 Å². The summed E-state index contributed by atoms with van der Waals surface area (Å²) in [6.45, 7) is 3.31. The van der Waals surface area contributed by atoms with Crippen molar-refractivity contribution >= 4 is 0 Å². The quantitative estimate of drug-likeness (QED) is 0.431. The van der Waals surface area contributed by atoms with Crippen LogP contribution in [-0.2, 0) is 32.1 Å². The number of nitrogens with zero attached hydrogens (tertiary/aromatic N) is 1. The van der Waals surface area contributed by atoms with Gasteiger partial charge < -0.3 is 25.1 Å². The first-order valence-electron chi connectivity index (χ1n) is 12.6. The van der Waals surface area contributed by atoms with Crippen molar-refractivity contribution in [2.45, 2.75) is 68.8 Å². The van der Waals surface area contributed by atoms with E-state index >= 15 is 0 Å². The average Bonchev–Trinajstić information content (AvgIpc) is 2.86. The molecule has 3 N–H and O–H groups in total. The second kappa shape index (κ2) is 11.0. The number of ether oxygens (including phenoxy) is 3. The van der Waals surface area contributed by atoms with E-state index in [1.54, 1.807) is 6.92 Å². The number of alkyl halides is 6. The number of benzene rings is 2. The van der Waals surface area contributed by atoms with Crippen LogP contribution in [0.4, 0.5) is 26.3 Å². The lowest BCUT2D eigenvalue weighted by atomic mass is 9.75. The van der Waals surface area contributed by atoms with E-state index < -0.39 is 47.0 Å². The minimum Gasteiger partial charge on any atom is -0.394 e. The molecule has 0 bridgehead atoms. The number of hydrogen-bond acceptors (Lipinski definition) is 6. The lowest BCUT2D eigenvalue weighted by Gasteiger charge is -2.54. The molecule has 216 valence electrons. The third-order valence-corrected chi connectivity index (χ3v) is 7.48. The largest absolute Gasteiger partial charge is 0.416 e.